The van der Waals surface area contributed by atoms with Gasteiger partial charge < -0.3 is 15.3 Å². The van der Waals surface area contributed by atoms with Crippen LogP contribution < -0.4 is 5.49 Å². The number of benzene rings is 2. The van der Waals surface area contributed by atoms with E-state index in [2.05, 4.69) is 10.1 Å². The highest BCUT2D eigenvalue weighted by molar-refractivity contribution is 5.41. The summed E-state index contributed by atoms with van der Waals surface area (Å²) in [5.41, 5.74) is -1.77. The van der Waals surface area contributed by atoms with Crippen LogP contribution in [0.3, 0.4) is 0 Å². The van der Waals surface area contributed by atoms with E-state index in [1.54, 1.807) is 0 Å². The van der Waals surface area contributed by atoms with Crippen LogP contribution >= 0.6 is 0 Å². The molecule has 0 saturated carbocycles. The quantitative estimate of drug-likeness (QED) is 0.316. The SMILES string of the molecule is Cc1ccc(N=c2c([N+](=O)[O-])nn(-c3cccc(C(F)(F)F)c3)n2O)cc1F. The number of halogens is 4. The number of aryl methyl sites for hydroxylation is 1. The van der Waals surface area contributed by atoms with E-state index < -0.39 is 33.8 Å². The van der Waals surface area contributed by atoms with Crippen LogP contribution in [0.5, 0.6) is 0 Å². The van der Waals surface area contributed by atoms with E-state index in [0.717, 1.165) is 24.3 Å². The molecule has 0 atom stereocenters. The van der Waals surface area contributed by atoms with Crippen LogP contribution in [0.15, 0.2) is 47.5 Å². The first-order chi connectivity index (χ1) is 13.1. The van der Waals surface area contributed by atoms with Crippen molar-refractivity contribution in [1.82, 2.24) is 14.7 Å². The van der Waals surface area contributed by atoms with Crippen molar-refractivity contribution in [2.24, 2.45) is 4.99 Å². The first kappa shape index (κ1) is 19.1. The molecule has 1 aromatic heterocycles. The Labute approximate surface area is 153 Å². The van der Waals surface area contributed by atoms with Crippen LogP contribution in [-0.2, 0) is 6.18 Å². The van der Waals surface area contributed by atoms with Gasteiger partial charge in [-0.15, -0.1) is 0 Å². The van der Waals surface area contributed by atoms with Crippen LogP contribution in [0, 0.1) is 22.9 Å². The van der Waals surface area contributed by atoms with E-state index in [4.69, 9.17) is 0 Å². The minimum Gasteiger partial charge on any atom is -0.409 e. The maximum absolute atomic E-state index is 13.7. The summed E-state index contributed by atoms with van der Waals surface area (Å²) < 4.78 is 52.4. The zero-order chi connectivity index (χ0) is 20.6. The standard InChI is InChI=1S/C16H11F4N5O3/c1-9-5-6-11(8-13(9)17)21-14-15(25(27)28)22-23(24(14)26)12-4-2-3-10(7-12)16(18,19)20/h2-8,26H,1H3. The second kappa shape index (κ2) is 6.79. The molecule has 0 amide bonds. The van der Waals surface area contributed by atoms with Crippen LogP contribution in [-0.4, -0.2) is 24.9 Å². The second-order valence-corrected chi connectivity index (χ2v) is 5.68. The molecule has 0 saturated heterocycles. The fourth-order valence-electron chi connectivity index (χ4n) is 2.32. The van der Waals surface area contributed by atoms with Crippen molar-refractivity contribution < 1.29 is 27.7 Å². The number of aromatic nitrogens is 3. The summed E-state index contributed by atoms with van der Waals surface area (Å²) in [6.07, 6.45) is -4.66. The van der Waals surface area contributed by atoms with E-state index in [-0.39, 0.29) is 16.2 Å². The highest BCUT2D eigenvalue weighted by Gasteiger charge is 2.32. The van der Waals surface area contributed by atoms with Crippen LogP contribution in [0.25, 0.3) is 5.69 Å². The monoisotopic (exact) mass is 397 g/mol. The van der Waals surface area contributed by atoms with Crippen molar-refractivity contribution in [3.63, 3.8) is 0 Å². The largest absolute Gasteiger partial charge is 0.438 e. The first-order valence-corrected chi connectivity index (χ1v) is 7.62. The molecule has 3 aromatic rings. The Morgan fingerprint density at radius 2 is 1.93 bits per heavy atom. The van der Waals surface area contributed by atoms with E-state index in [0.29, 0.717) is 16.4 Å². The number of nitrogens with zero attached hydrogens (tertiary/aromatic N) is 5. The summed E-state index contributed by atoms with van der Waals surface area (Å²) >= 11 is 0. The van der Waals surface area contributed by atoms with Gasteiger partial charge in [-0.05, 0) is 52.5 Å². The first-order valence-electron chi connectivity index (χ1n) is 7.62. The topological polar surface area (TPSA) is 98.5 Å². The molecule has 0 aliphatic rings. The Bertz CT molecular complexity index is 1130. The summed E-state index contributed by atoms with van der Waals surface area (Å²) in [6.45, 7) is 1.50. The minimum absolute atomic E-state index is 0.0578. The van der Waals surface area contributed by atoms with Gasteiger partial charge in [0.2, 0.25) is 0 Å². The molecular weight excluding hydrogens is 386 g/mol. The Morgan fingerprint density at radius 3 is 2.54 bits per heavy atom. The third-order valence-corrected chi connectivity index (χ3v) is 3.73. The second-order valence-electron chi connectivity index (χ2n) is 5.68. The summed E-state index contributed by atoms with van der Waals surface area (Å²) in [6, 6.07) is 7.37. The molecule has 2 aromatic carbocycles. The van der Waals surface area contributed by atoms with Crippen molar-refractivity contribution in [2.75, 3.05) is 0 Å². The Balaban J connectivity index is 2.21. The molecule has 1 heterocycles. The molecule has 0 bridgehead atoms. The molecule has 0 fully saturated rings. The van der Waals surface area contributed by atoms with Crippen molar-refractivity contribution in [2.45, 2.75) is 13.1 Å². The molecule has 8 nitrogen and oxygen atoms in total. The van der Waals surface area contributed by atoms with Crippen molar-refractivity contribution in [3.8, 4) is 5.69 Å². The van der Waals surface area contributed by atoms with Crippen LogP contribution in [0.4, 0.5) is 29.1 Å². The zero-order valence-electron chi connectivity index (χ0n) is 14.1. The lowest BCUT2D eigenvalue weighted by Crippen LogP contribution is -2.22. The van der Waals surface area contributed by atoms with Crippen molar-refractivity contribution >= 4 is 11.5 Å². The van der Waals surface area contributed by atoms with E-state index in [1.165, 1.54) is 19.1 Å². The molecular formula is C16H11F4N5O3. The van der Waals surface area contributed by atoms with Crippen molar-refractivity contribution in [3.05, 3.63) is 75.0 Å². The fourth-order valence-corrected chi connectivity index (χ4v) is 2.32. The van der Waals surface area contributed by atoms with Gasteiger partial charge >= 0.3 is 12.0 Å². The van der Waals surface area contributed by atoms with Crippen LogP contribution in [0.2, 0.25) is 0 Å². The van der Waals surface area contributed by atoms with Gasteiger partial charge in [0.15, 0.2) is 0 Å². The Kier molecular flexibility index (Phi) is 4.63. The third kappa shape index (κ3) is 3.56. The van der Waals surface area contributed by atoms with Gasteiger partial charge in [-0.1, -0.05) is 17.0 Å². The lowest BCUT2D eigenvalue weighted by molar-refractivity contribution is -0.391. The summed E-state index contributed by atoms with van der Waals surface area (Å²) in [5, 5.41) is 25.0. The van der Waals surface area contributed by atoms with E-state index in [1.807, 2.05) is 0 Å². The third-order valence-electron chi connectivity index (χ3n) is 3.73. The normalized spacial score (nSPS) is 12.4. The molecule has 0 aliphatic carbocycles. The van der Waals surface area contributed by atoms with E-state index >= 15 is 0 Å². The molecule has 0 radical (unpaired) electrons. The summed E-state index contributed by atoms with van der Waals surface area (Å²) in [7, 11) is 0. The lowest BCUT2D eigenvalue weighted by atomic mass is 10.2. The van der Waals surface area contributed by atoms with Gasteiger partial charge in [0.05, 0.1) is 16.3 Å². The molecule has 0 aliphatic heterocycles. The molecule has 12 heteroatoms. The van der Waals surface area contributed by atoms with Gasteiger partial charge in [-0.25, -0.2) is 9.38 Å². The highest BCUT2D eigenvalue weighted by Crippen LogP contribution is 2.30. The average Bonchev–Trinajstić information content (AvgIpc) is 2.94. The molecule has 146 valence electrons. The maximum Gasteiger partial charge on any atom is 0.438 e. The van der Waals surface area contributed by atoms with Gasteiger partial charge in [0.1, 0.15) is 11.5 Å². The molecule has 0 spiro atoms. The number of hydrogen-bond acceptors (Lipinski definition) is 5. The van der Waals surface area contributed by atoms with Gasteiger partial charge in [-0.2, -0.15) is 13.2 Å². The van der Waals surface area contributed by atoms with E-state index in [9.17, 15) is 32.9 Å². The average molecular weight is 397 g/mol. The smallest absolute Gasteiger partial charge is 0.409 e. The maximum atomic E-state index is 13.7. The number of alkyl halides is 3. The van der Waals surface area contributed by atoms with Gasteiger partial charge in [0.25, 0.3) is 5.49 Å². The predicted octanol–water partition coefficient (Wildman–Crippen LogP) is 3.52. The summed E-state index contributed by atoms with van der Waals surface area (Å²) in [4.78, 5) is 14.7. The Hall–Kier alpha value is -3.70. The Morgan fingerprint density at radius 1 is 1.21 bits per heavy atom. The van der Waals surface area contributed by atoms with Crippen molar-refractivity contribution in [1.29, 1.82) is 0 Å². The van der Waals surface area contributed by atoms with Gasteiger partial charge in [0, 0.05) is 0 Å². The summed E-state index contributed by atoms with van der Waals surface area (Å²) in [5.74, 6) is -1.56. The fraction of sp³-hybridized carbons (Fsp3) is 0.125. The minimum atomic E-state index is -4.66. The number of hydrogen-bond donors (Lipinski definition) is 1. The zero-order valence-corrected chi connectivity index (χ0v) is 14.1. The van der Waals surface area contributed by atoms with Crippen LogP contribution in [0.1, 0.15) is 11.1 Å². The predicted molar refractivity (Wildman–Crippen MR) is 86.8 cm³/mol. The number of rotatable bonds is 3. The highest BCUT2D eigenvalue weighted by atomic mass is 19.4. The number of nitro groups is 1. The molecule has 3 rings (SSSR count). The lowest BCUT2D eigenvalue weighted by Gasteiger charge is -2.07. The van der Waals surface area contributed by atoms with Gasteiger partial charge in [-0.3, -0.25) is 0 Å². The molecule has 28 heavy (non-hydrogen) atoms. The molecule has 1 N–H and O–H groups in total. The molecule has 0 unspecified atom stereocenters.